The average molecular weight is 262 g/mol. The number of nitrogens with two attached hydrogens (primary N) is 1. The molecule has 3 N–H and O–H groups in total. The van der Waals surface area contributed by atoms with Crippen molar-refractivity contribution >= 4 is 23.1 Å². The molecule has 0 saturated heterocycles. The molecular weight excluding hydrogens is 246 g/mol. The van der Waals surface area contributed by atoms with Crippen LogP contribution in [0, 0.1) is 0 Å². The van der Waals surface area contributed by atoms with Crippen LogP contribution < -0.4 is 11.1 Å². The van der Waals surface area contributed by atoms with Gasteiger partial charge < -0.3 is 11.1 Å². The fraction of sp³-hybridized carbons (Fsp3) is 0.214. The standard InChI is InChI=1S/C14H16ClN3/c1-10(7-11-5-3-2-4-6-11)18-14-13(15)8-12(16)9-17-14/h2-6,8-10H,7,16H2,1H3,(H,17,18). The lowest BCUT2D eigenvalue weighted by Crippen LogP contribution is -2.19. The fourth-order valence-corrected chi connectivity index (χ4v) is 2.04. The van der Waals surface area contributed by atoms with Crippen LogP contribution in [-0.2, 0) is 6.42 Å². The van der Waals surface area contributed by atoms with Crippen LogP contribution in [-0.4, -0.2) is 11.0 Å². The first kappa shape index (κ1) is 12.7. The minimum Gasteiger partial charge on any atom is -0.397 e. The molecule has 0 amide bonds. The van der Waals surface area contributed by atoms with Crippen molar-refractivity contribution in [2.24, 2.45) is 0 Å². The number of pyridine rings is 1. The summed E-state index contributed by atoms with van der Waals surface area (Å²) < 4.78 is 0. The van der Waals surface area contributed by atoms with Crippen molar-refractivity contribution in [3.8, 4) is 0 Å². The molecule has 0 aliphatic carbocycles. The van der Waals surface area contributed by atoms with Crippen LogP contribution >= 0.6 is 11.6 Å². The van der Waals surface area contributed by atoms with E-state index in [1.165, 1.54) is 5.56 Å². The molecule has 18 heavy (non-hydrogen) atoms. The van der Waals surface area contributed by atoms with Crippen LogP contribution in [0.25, 0.3) is 0 Å². The Labute approximate surface area is 112 Å². The normalized spacial score (nSPS) is 12.1. The summed E-state index contributed by atoms with van der Waals surface area (Å²) in [6.07, 6.45) is 2.52. The van der Waals surface area contributed by atoms with Gasteiger partial charge in [-0.2, -0.15) is 0 Å². The molecule has 1 unspecified atom stereocenters. The molecule has 1 aromatic carbocycles. The van der Waals surface area contributed by atoms with Gasteiger partial charge in [0.15, 0.2) is 0 Å². The van der Waals surface area contributed by atoms with Crippen LogP contribution in [0.2, 0.25) is 5.02 Å². The highest BCUT2D eigenvalue weighted by Crippen LogP contribution is 2.22. The van der Waals surface area contributed by atoms with Crippen molar-refractivity contribution < 1.29 is 0 Å². The molecule has 0 radical (unpaired) electrons. The van der Waals surface area contributed by atoms with Gasteiger partial charge in [0.25, 0.3) is 0 Å². The molecule has 94 valence electrons. The molecule has 0 bridgehead atoms. The average Bonchev–Trinajstić information content (AvgIpc) is 2.34. The molecule has 0 fully saturated rings. The summed E-state index contributed by atoms with van der Waals surface area (Å²) in [6, 6.07) is 12.3. The molecule has 0 aliphatic heterocycles. The number of rotatable bonds is 4. The van der Waals surface area contributed by atoms with Crippen molar-refractivity contribution in [2.75, 3.05) is 11.1 Å². The third-order valence-corrected chi connectivity index (χ3v) is 2.92. The Morgan fingerprint density at radius 2 is 2.06 bits per heavy atom. The lowest BCUT2D eigenvalue weighted by molar-refractivity contribution is 0.785. The van der Waals surface area contributed by atoms with E-state index in [2.05, 4.69) is 29.4 Å². The van der Waals surface area contributed by atoms with Crippen molar-refractivity contribution in [2.45, 2.75) is 19.4 Å². The van der Waals surface area contributed by atoms with Crippen molar-refractivity contribution in [1.82, 2.24) is 4.98 Å². The van der Waals surface area contributed by atoms with Gasteiger partial charge in [-0.1, -0.05) is 41.9 Å². The summed E-state index contributed by atoms with van der Waals surface area (Å²) in [7, 11) is 0. The predicted octanol–water partition coefficient (Wildman–Crippen LogP) is 3.36. The Morgan fingerprint density at radius 1 is 1.33 bits per heavy atom. The lowest BCUT2D eigenvalue weighted by atomic mass is 10.1. The van der Waals surface area contributed by atoms with E-state index < -0.39 is 0 Å². The largest absolute Gasteiger partial charge is 0.397 e. The number of halogens is 1. The second-order valence-electron chi connectivity index (χ2n) is 4.33. The van der Waals surface area contributed by atoms with Crippen LogP contribution in [0.5, 0.6) is 0 Å². The summed E-state index contributed by atoms with van der Waals surface area (Å²) in [4.78, 5) is 4.19. The second kappa shape index (κ2) is 5.74. The SMILES string of the molecule is CC(Cc1ccccc1)Nc1ncc(N)cc1Cl. The van der Waals surface area contributed by atoms with Crippen LogP contribution in [0.1, 0.15) is 12.5 Å². The van der Waals surface area contributed by atoms with Gasteiger partial charge in [0.05, 0.1) is 16.9 Å². The van der Waals surface area contributed by atoms with Gasteiger partial charge in [-0.15, -0.1) is 0 Å². The summed E-state index contributed by atoms with van der Waals surface area (Å²) in [5.74, 6) is 0.675. The van der Waals surface area contributed by atoms with Gasteiger partial charge in [0.1, 0.15) is 5.82 Å². The van der Waals surface area contributed by atoms with E-state index in [1.54, 1.807) is 12.3 Å². The highest BCUT2D eigenvalue weighted by molar-refractivity contribution is 6.33. The number of nitrogen functional groups attached to an aromatic ring is 1. The summed E-state index contributed by atoms with van der Waals surface area (Å²) in [5.41, 5.74) is 7.46. The fourth-order valence-electron chi connectivity index (χ4n) is 1.81. The maximum Gasteiger partial charge on any atom is 0.145 e. The molecule has 0 spiro atoms. The topological polar surface area (TPSA) is 50.9 Å². The highest BCUT2D eigenvalue weighted by Gasteiger charge is 2.07. The number of anilines is 2. The molecule has 2 aromatic rings. The third kappa shape index (κ3) is 3.37. The van der Waals surface area contributed by atoms with Crippen LogP contribution in [0.4, 0.5) is 11.5 Å². The Hall–Kier alpha value is -1.74. The van der Waals surface area contributed by atoms with Crippen LogP contribution in [0.15, 0.2) is 42.6 Å². The van der Waals surface area contributed by atoms with E-state index in [-0.39, 0.29) is 6.04 Å². The molecule has 2 rings (SSSR count). The zero-order valence-electron chi connectivity index (χ0n) is 10.2. The van der Waals surface area contributed by atoms with Gasteiger partial charge in [0, 0.05) is 6.04 Å². The summed E-state index contributed by atoms with van der Waals surface area (Å²) in [6.45, 7) is 2.10. The molecule has 0 saturated carbocycles. The number of hydrogen-bond donors (Lipinski definition) is 2. The van der Waals surface area contributed by atoms with E-state index >= 15 is 0 Å². The molecule has 0 aliphatic rings. The Balaban J connectivity index is 2.01. The summed E-state index contributed by atoms with van der Waals surface area (Å²) >= 11 is 6.07. The van der Waals surface area contributed by atoms with E-state index in [1.807, 2.05) is 18.2 Å². The Bertz CT molecular complexity index is 514. The van der Waals surface area contributed by atoms with Gasteiger partial charge in [-0.3, -0.25) is 0 Å². The van der Waals surface area contributed by atoms with E-state index in [9.17, 15) is 0 Å². The lowest BCUT2D eigenvalue weighted by Gasteiger charge is -2.15. The number of nitrogens with one attached hydrogen (secondary N) is 1. The first-order chi connectivity index (χ1) is 8.65. The van der Waals surface area contributed by atoms with Crippen molar-refractivity contribution in [1.29, 1.82) is 0 Å². The molecule has 4 heteroatoms. The molecular formula is C14H16ClN3. The first-order valence-corrected chi connectivity index (χ1v) is 6.24. The van der Waals surface area contributed by atoms with Crippen LogP contribution in [0.3, 0.4) is 0 Å². The third-order valence-electron chi connectivity index (χ3n) is 2.63. The molecule has 1 atom stereocenters. The van der Waals surface area contributed by atoms with E-state index in [0.29, 0.717) is 16.5 Å². The van der Waals surface area contributed by atoms with Gasteiger partial charge in [-0.05, 0) is 25.0 Å². The molecule has 3 nitrogen and oxygen atoms in total. The minimum absolute atomic E-state index is 0.251. The monoisotopic (exact) mass is 261 g/mol. The number of nitrogens with zero attached hydrogens (tertiary/aromatic N) is 1. The first-order valence-electron chi connectivity index (χ1n) is 5.86. The number of hydrogen-bond acceptors (Lipinski definition) is 3. The van der Waals surface area contributed by atoms with Gasteiger partial charge in [0.2, 0.25) is 0 Å². The predicted molar refractivity (Wildman–Crippen MR) is 76.9 cm³/mol. The van der Waals surface area contributed by atoms with E-state index in [0.717, 1.165) is 6.42 Å². The second-order valence-corrected chi connectivity index (χ2v) is 4.74. The minimum atomic E-state index is 0.251. The zero-order valence-corrected chi connectivity index (χ0v) is 11.0. The van der Waals surface area contributed by atoms with E-state index in [4.69, 9.17) is 17.3 Å². The molecule has 1 heterocycles. The number of aromatic nitrogens is 1. The maximum absolute atomic E-state index is 6.07. The van der Waals surface area contributed by atoms with Crippen molar-refractivity contribution in [3.05, 3.63) is 53.2 Å². The summed E-state index contributed by atoms with van der Waals surface area (Å²) in [5, 5.41) is 3.84. The highest BCUT2D eigenvalue weighted by atomic mass is 35.5. The Morgan fingerprint density at radius 3 is 2.72 bits per heavy atom. The van der Waals surface area contributed by atoms with Gasteiger partial charge >= 0.3 is 0 Å². The maximum atomic E-state index is 6.07. The zero-order chi connectivity index (χ0) is 13.0. The van der Waals surface area contributed by atoms with Gasteiger partial charge in [-0.25, -0.2) is 4.98 Å². The number of benzene rings is 1. The molecule has 1 aromatic heterocycles. The smallest absolute Gasteiger partial charge is 0.145 e. The Kier molecular flexibility index (Phi) is 4.05. The quantitative estimate of drug-likeness (QED) is 0.887. The van der Waals surface area contributed by atoms with Crippen molar-refractivity contribution in [3.63, 3.8) is 0 Å².